The summed E-state index contributed by atoms with van der Waals surface area (Å²) in [5, 5.41) is 4.35. The van der Waals surface area contributed by atoms with E-state index in [1.165, 1.54) is 31.4 Å². The summed E-state index contributed by atoms with van der Waals surface area (Å²) in [5.74, 6) is 0. The molecule has 0 spiro atoms. The van der Waals surface area contributed by atoms with Crippen molar-refractivity contribution in [1.82, 2.24) is 5.32 Å². The molecule has 0 aromatic heterocycles. The first-order chi connectivity index (χ1) is 8.31. The highest BCUT2D eigenvalue weighted by Gasteiger charge is 2.18. The van der Waals surface area contributed by atoms with E-state index in [0.717, 1.165) is 11.7 Å². The molecule has 1 aliphatic carbocycles. The third kappa shape index (κ3) is 3.19. The fourth-order valence-corrected chi connectivity index (χ4v) is 2.78. The zero-order valence-corrected chi connectivity index (χ0v) is 11.2. The maximum absolute atomic E-state index is 5.51. The minimum Gasteiger partial charge on any atom is -0.360 e. The predicted octanol–water partition coefficient (Wildman–Crippen LogP) is 3.33. The largest absolute Gasteiger partial charge is 0.360 e. The van der Waals surface area contributed by atoms with Gasteiger partial charge in [-0.15, -0.1) is 0 Å². The summed E-state index contributed by atoms with van der Waals surface area (Å²) in [6.07, 6.45) is 5.18. The van der Waals surface area contributed by atoms with Crippen molar-refractivity contribution in [2.24, 2.45) is 0 Å². The normalized spacial score (nSPS) is 15.8. The molecule has 1 fully saturated rings. The summed E-state index contributed by atoms with van der Waals surface area (Å²) in [7, 11) is 0. The van der Waals surface area contributed by atoms with Crippen LogP contribution in [0.25, 0.3) is 0 Å². The standard InChI is InChI=1S/C14H20N2S/c1-2-16(13-10-4-3-5-11-13)14(17)15-12-8-6-7-9-12/h3-5,10-12H,2,6-9H2,1H3,(H,15,17). The number of nitrogens with zero attached hydrogens (tertiary/aromatic N) is 1. The van der Waals surface area contributed by atoms with Gasteiger partial charge >= 0.3 is 0 Å². The third-order valence-electron chi connectivity index (χ3n) is 3.31. The Balaban J connectivity index is 2.00. The van der Waals surface area contributed by atoms with E-state index in [1.54, 1.807) is 0 Å². The molecule has 2 nitrogen and oxygen atoms in total. The number of benzene rings is 1. The van der Waals surface area contributed by atoms with Crippen LogP contribution in [0.15, 0.2) is 30.3 Å². The number of hydrogen-bond acceptors (Lipinski definition) is 1. The zero-order chi connectivity index (χ0) is 12.1. The minimum absolute atomic E-state index is 0.584. The second-order valence-corrected chi connectivity index (χ2v) is 4.90. The van der Waals surface area contributed by atoms with Crippen LogP contribution in [0.1, 0.15) is 32.6 Å². The molecule has 0 unspecified atom stereocenters. The summed E-state index contributed by atoms with van der Waals surface area (Å²) in [5.41, 5.74) is 1.17. The second kappa shape index (κ2) is 6.01. The lowest BCUT2D eigenvalue weighted by Crippen LogP contribution is -2.43. The number of rotatable bonds is 3. The van der Waals surface area contributed by atoms with Crippen LogP contribution in [0.5, 0.6) is 0 Å². The van der Waals surface area contributed by atoms with E-state index in [-0.39, 0.29) is 0 Å². The Morgan fingerprint density at radius 1 is 1.29 bits per heavy atom. The van der Waals surface area contributed by atoms with Gasteiger partial charge in [-0.1, -0.05) is 31.0 Å². The molecular weight excluding hydrogens is 228 g/mol. The minimum atomic E-state index is 0.584. The van der Waals surface area contributed by atoms with Crippen molar-refractivity contribution in [2.45, 2.75) is 38.6 Å². The lowest BCUT2D eigenvalue weighted by molar-refractivity contribution is 0.629. The van der Waals surface area contributed by atoms with Gasteiger partial charge in [0.2, 0.25) is 0 Å². The van der Waals surface area contributed by atoms with Gasteiger partial charge in [-0.25, -0.2) is 0 Å². The quantitative estimate of drug-likeness (QED) is 0.826. The fourth-order valence-electron chi connectivity index (χ4n) is 2.37. The van der Waals surface area contributed by atoms with Gasteiger partial charge in [-0.3, -0.25) is 0 Å². The van der Waals surface area contributed by atoms with Crippen molar-refractivity contribution in [3.05, 3.63) is 30.3 Å². The van der Waals surface area contributed by atoms with Crippen molar-refractivity contribution < 1.29 is 0 Å². The summed E-state index contributed by atoms with van der Waals surface area (Å²) < 4.78 is 0. The Bertz CT molecular complexity index is 358. The highest BCUT2D eigenvalue weighted by atomic mass is 32.1. The van der Waals surface area contributed by atoms with Crippen LogP contribution in [0.2, 0.25) is 0 Å². The zero-order valence-electron chi connectivity index (χ0n) is 10.4. The summed E-state index contributed by atoms with van der Waals surface area (Å²) in [6.45, 7) is 3.04. The Labute approximate surface area is 109 Å². The molecule has 3 heteroatoms. The Hall–Kier alpha value is -1.09. The molecule has 92 valence electrons. The van der Waals surface area contributed by atoms with Crippen molar-refractivity contribution >= 4 is 23.0 Å². The molecule has 1 N–H and O–H groups in total. The number of nitrogens with one attached hydrogen (secondary N) is 1. The average Bonchev–Trinajstić information content (AvgIpc) is 2.84. The average molecular weight is 248 g/mol. The molecule has 17 heavy (non-hydrogen) atoms. The molecule has 0 aliphatic heterocycles. The SMILES string of the molecule is CCN(C(=S)NC1CCCC1)c1ccccc1. The topological polar surface area (TPSA) is 15.3 Å². The number of hydrogen-bond donors (Lipinski definition) is 1. The van der Waals surface area contributed by atoms with Crippen LogP contribution in [0.4, 0.5) is 5.69 Å². The van der Waals surface area contributed by atoms with Gasteiger partial charge in [0.1, 0.15) is 0 Å². The first-order valence-corrected chi connectivity index (χ1v) is 6.85. The van der Waals surface area contributed by atoms with E-state index in [0.29, 0.717) is 6.04 Å². The summed E-state index contributed by atoms with van der Waals surface area (Å²) in [4.78, 5) is 2.16. The van der Waals surface area contributed by atoms with Gasteiger partial charge < -0.3 is 10.2 Å². The Kier molecular flexibility index (Phi) is 4.37. The van der Waals surface area contributed by atoms with Gasteiger partial charge in [0.15, 0.2) is 5.11 Å². The molecule has 1 aromatic rings. The summed E-state index contributed by atoms with van der Waals surface area (Å²) >= 11 is 5.51. The first-order valence-electron chi connectivity index (χ1n) is 6.44. The lowest BCUT2D eigenvalue weighted by Gasteiger charge is -2.26. The number of anilines is 1. The van der Waals surface area contributed by atoms with E-state index < -0.39 is 0 Å². The molecule has 0 heterocycles. The molecule has 2 rings (SSSR count). The maximum atomic E-state index is 5.51. The van der Waals surface area contributed by atoms with Crippen molar-refractivity contribution in [3.63, 3.8) is 0 Å². The number of thiocarbonyl (C=S) groups is 1. The maximum Gasteiger partial charge on any atom is 0.173 e. The van der Waals surface area contributed by atoms with Gasteiger partial charge in [-0.2, -0.15) is 0 Å². The van der Waals surface area contributed by atoms with E-state index >= 15 is 0 Å². The molecule has 0 atom stereocenters. The molecule has 1 aliphatic rings. The molecule has 0 saturated heterocycles. The Morgan fingerprint density at radius 2 is 1.94 bits per heavy atom. The molecule has 1 aromatic carbocycles. The molecular formula is C14H20N2S. The van der Waals surface area contributed by atoms with Crippen molar-refractivity contribution in [2.75, 3.05) is 11.4 Å². The first kappa shape index (κ1) is 12.4. The van der Waals surface area contributed by atoms with Crippen molar-refractivity contribution in [3.8, 4) is 0 Å². The highest BCUT2D eigenvalue weighted by Crippen LogP contribution is 2.19. The van der Waals surface area contributed by atoms with E-state index in [4.69, 9.17) is 12.2 Å². The van der Waals surface area contributed by atoms with Gasteiger partial charge in [-0.05, 0) is 44.1 Å². The predicted molar refractivity (Wildman–Crippen MR) is 77.5 cm³/mol. The second-order valence-electron chi connectivity index (χ2n) is 4.51. The van der Waals surface area contributed by atoms with Crippen LogP contribution in [0, 0.1) is 0 Å². The van der Waals surface area contributed by atoms with E-state index in [9.17, 15) is 0 Å². The van der Waals surface area contributed by atoms with Crippen LogP contribution >= 0.6 is 12.2 Å². The smallest absolute Gasteiger partial charge is 0.173 e. The Morgan fingerprint density at radius 3 is 2.53 bits per heavy atom. The molecule has 0 radical (unpaired) electrons. The molecule has 0 bridgehead atoms. The van der Waals surface area contributed by atoms with E-state index in [2.05, 4.69) is 41.4 Å². The van der Waals surface area contributed by atoms with Gasteiger partial charge in [0.05, 0.1) is 0 Å². The van der Waals surface area contributed by atoms with Crippen LogP contribution in [-0.4, -0.2) is 17.7 Å². The van der Waals surface area contributed by atoms with Crippen LogP contribution < -0.4 is 10.2 Å². The van der Waals surface area contributed by atoms with Crippen molar-refractivity contribution in [1.29, 1.82) is 0 Å². The monoisotopic (exact) mass is 248 g/mol. The molecule has 1 saturated carbocycles. The van der Waals surface area contributed by atoms with Gasteiger partial charge in [0.25, 0.3) is 0 Å². The summed E-state index contributed by atoms with van der Waals surface area (Å²) in [6, 6.07) is 10.9. The van der Waals surface area contributed by atoms with E-state index in [1.807, 2.05) is 6.07 Å². The van der Waals surface area contributed by atoms with Gasteiger partial charge in [0, 0.05) is 18.3 Å². The fraction of sp³-hybridized carbons (Fsp3) is 0.500. The van der Waals surface area contributed by atoms with Crippen LogP contribution in [0.3, 0.4) is 0 Å². The molecule has 0 amide bonds. The third-order valence-corrected chi connectivity index (χ3v) is 3.65. The lowest BCUT2D eigenvalue weighted by atomic mass is 10.2. The van der Waals surface area contributed by atoms with Crippen LogP contribution in [-0.2, 0) is 0 Å². The number of para-hydroxylation sites is 1. The highest BCUT2D eigenvalue weighted by molar-refractivity contribution is 7.80.